The summed E-state index contributed by atoms with van der Waals surface area (Å²) in [6.45, 7) is 4.05. The van der Waals surface area contributed by atoms with Gasteiger partial charge in [0.25, 0.3) is 0 Å². The first-order chi connectivity index (χ1) is 10.6. The van der Waals surface area contributed by atoms with Crippen LogP contribution in [0.5, 0.6) is 5.75 Å². The van der Waals surface area contributed by atoms with Gasteiger partial charge in [0, 0.05) is 36.8 Å². The highest BCUT2D eigenvalue weighted by Gasteiger charge is 2.27. The first-order valence-corrected chi connectivity index (χ1v) is 7.99. The number of phenolic OH excluding ortho intramolecular Hbond substituents is 1. The first kappa shape index (κ1) is 15.3. The minimum atomic E-state index is 0.0622. The highest BCUT2D eigenvalue weighted by atomic mass is 35.5. The van der Waals surface area contributed by atoms with Crippen LogP contribution >= 0.6 is 11.6 Å². The lowest BCUT2D eigenvalue weighted by atomic mass is 9.95. The van der Waals surface area contributed by atoms with Crippen LogP contribution in [0.1, 0.15) is 17.2 Å². The number of rotatable bonds is 3. The van der Waals surface area contributed by atoms with Crippen molar-refractivity contribution in [1.29, 1.82) is 0 Å². The van der Waals surface area contributed by atoms with E-state index in [9.17, 15) is 5.11 Å². The number of para-hydroxylation sites is 1. The average molecular weight is 317 g/mol. The number of benzene rings is 2. The second-order valence-electron chi connectivity index (χ2n) is 5.85. The predicted molar refractivity (Wildman–Crippen MR) is 90.5 cm³/mol. The van der Waals surface area contributed by atoms with E-state index in [0.717, 1.165) is 42.3 Å². The van der Waals surface area contributed by atoms with Gasteiger partial charge in [-0.25, -0.2) is 0 Å². The second kappa shape index (κ2) is 6.69. The normalized spacial score (nSPS) is 18.3. The molecular weight excluding hydrogens is 296 g/mol. The second-order valence-corrected chi connectivity index (χ2v) is 6.29. The molecular formula is C18H21ClN2O. The molecule has 1 atom stereocenters. The minimum Gasteiger partial charge on any atom is -0.508 e. The molecule has 4 heteroatoms. The lowest BCUT2D eigenvalue weighted by Crippen LogP contribution is -2.46. The zero-order valence-electron chi connectivity index (χ0n) is 12.7. The number of likely N-dealkylation sites (N-methyl/N-ethyl adjacent to an activating group) is 1. The molecule has 2 aromatic carbocycles. The highest BCUT2D eigenvalue weighted by Crippen LogP contribution is 2.35. The zero-order valence-corrected chi connectivity index (χ0v) is 13.5. The minimum absolute atomic E-state index is 0.0622. The Hall–Kier alpha value is -1.55. The molecule has 22 heavy (non-hydrogen) atoms. The van der Waals surface area contributed by atoms with Crippen molar-refractivity contribution >= 4 is 11.6 Å². The van der Waals surface area contributed by atoms with E-state index in [2.05, 4.69) is 29.0 Å². The van der Waals surface area contributed by atoms with Crippen LogP contribution in [0, 0.1) is 0 Å². The molecule has 1 fully saturated rings. The third-order valence-corrected chi connectivity index (χ3v) is 4.57. The average Bonchev–Trinajstić information content (AvgIpc) is 2.53. The Morgan fingerprint density at radius 2 is 1.59 bits per heavy atom. The molecule has 0 amide bonds. The molecule has 0 saturated carbocycles. The summed E-state index contributed by atoms with van der Waals surface area (Å²) in [6.07, 6.45) is 0. The van der Waals surface area contributed by atoms with Crippen LogP contribution in [0.3, 0.4) is 0 Å². The van der Waals surface area contributed by atoms with E-state index in [0.29, 0.717) is 5.75 Å². The number of hydrogen-bond acceptors (Lipinski definition) is 3. The molecule has 1 aliphatic rings. The Morgan fingerprint density at radius 1 is 0.955 bits per heavy atom. The fourth-order valence-corrected chi connectivity index (χ4v) is 3.16. The smallest absolute Gasteiger partial charge is 0.120 e. The summed E-state index contributed by atoms with van der Waals surface area (Å²) in [7, 11) is 2.15. The van der Waals surface area contributed by atoms with Gasteiger partial charge in [-0.3, -0.25) is 4.90 Å². The predicted octanol–water partition coefficient (Wildman–Crippen LogP) is 3.38. The van der Waals surface area contributed by atoms with E-state index in [-0.39, 0.29) is 6.04 Å². The number of hydrogen-bond donors (Lipinski definition) is 1. The lowest BCUT2D eigenvalue weighted by Gasteiger charge is -2.38. The summed E-state index contributed by atoms with van der Waals surface area (Å²) in [5.74, 6) is 0.348. The molecule has 3 nitrogen and oxygen atoms in total. The highest BCUT2D eigenvalue weighted by molar-refractivity contribution is 6.30. The van der Waals surface area contributed by atoms with E-state index in [1.54, 1.807) is 6.07 Å². The van der Waals surface area contributed by atoms with E-state index < -0.39 is 0 Å². The largest absolute Gasteiger partial charge is 0.508 e. The Balaban J connectivity index is 1.98. The molecule has 3 rings (SSSR count). The van der Waals surface area contributed by atoms with Gasteiger partial charge in [0.05, 0.1) is 6.04 Å². The standard InChI is InChI=1S/C18H21ClN2O/c1-20-10-12-21(13-11-20)18(14-6-8-15(19)9-7-14)16-4-2-3-5-17(16)22/h2-9,18,22H,10-13H2,1H3. The van der Waals surface area contributed by atoms with Gasteiger partial charge in [-0.15, -0.1) is 0 Å². The number of aromatic hydroxyl groups is 1. The zero-order chi connectivity index (χ0) is 15.5. The molecule has 0 aliphatic carbocycles. The number of phenols is 1. The van der Waals surface area contributed by atoms with Gasteiger partial charge >= 0.3 is 0 Å². The molecule has 1 heterocycles. The van der Waals surface area contributed by atoms with Crippen LogP contribution < -0.4 is 0 Å². The van der Waals surface area contributed by atoms with Gasteiger partial charge in [0.15, 0.2) is 0 Å². The van der Waals surface area contributed by atoms with Crippen molar-refractivity contribution in [2.75, 3.05) is 33.2 Å². The van der Waals surface area contributed by atoms with Crippen molar-refractivity contribution < 1.29 is 5.11 Å². The van der Waals surface area contributed by atoms with Gasteiger partial charge < -0.3 is 10.0 Å². The summed E-state index contributed by atoms with van der Waals surface area (Å²) >= 11 is 6.03. The molecule has 116 valence electrons. The van der Waals surface area contributed by atoms with Crippen molar-refractivity contribution in [3.8, 4) is 5.75 Å². The quantitative estimate of drug-likeness (QED) is 0.940. The molecule has 2 aromatic rings. The third kappa shape index (κ3) is 3.27. The monoisotopic (exact) mass is 316 g/mol. The van der Waals surface area contributed by atoms with Crippen molar-refractivity contribution in [3.63, 3.8) is 0 Å². The molecule has 1 aliphatic heterocycles. The van der Waals surface area contributed by atoms with Crippen LogP contribution in [-0.2, 0) is 0 Å². The summed E-state index contributed by atoms with van der Waals surface area (Å²) in [5.41, 5.74) is 2.12. The van der Waals surface area contributed by atoms with Crippen LogP contribution in [-0.4, -0.2) is 48.1 Å². The van der Waals surface area contributed by atoms with E-state index >= 15 is 0 Å². The molecule has 0 aromatic heterocycles. The Bertz CT molecular complexity index is 621. The fraction of sp³-hybridized carbons (Fsp3) is 0.333. The van der Waals surface area contributed by atoms with E-state index in [1.165, 1.54) is 0 Å². The topological polar surface area (TPSA) is 26.7 Å². The van der Waals surface area contributed by atoms with E-state index in [4.69, 9.17) is 11.6 Å². The third-order valence-electron chi connectivity index (χ3n) is 4.32. The van der Waals surface area contributed by atoms with Gasteiger partial charge in [-0.1, -0.05) is 41.9 Å². The number of nitrogens with zero attached hydrogens (tertiary/aromatic N) is 2. The van der Waals surface area contributed by atoms with Crippen LogP contribution in [0.2, 0.25) is 5.02 Å². The maximum absolute atomic E-state index is 10.3. The van der Waals surface area contributed by atoms with Crippen LogP contribution in [0.4, 0.5) is 0 Å². The number of piperazine rings is 1. The Kier molecular flexibility index (Phi) is 4.67. The van der Waals surface area contributed by atoms with Gasteiger partial charge in [-0.05, 0) is 30.8 Å². The fourth-order valence-electron chi connectivity index (χ4n) is 3.03. The van der Waals surface area contributed by atoms with Crippen molar-refractivity contribution in [1.82, 2.24) is 9.80 Å². The van der Waals surface area contributed by atoms with Gasteiger partial charge in [0.1, 0.15) is 5.75 Å². The SMILES string of the molecule is CN1CCN(C(c2ccc(Cl)cc2)c2ccccc2O)CC1. The molecule has 1 unspecified atom stereocenters. The van der Waals surface area contributed by atoms with Crippen molar-refractivity contribution in [3.05, 3.63) is 64.7 Å². The lowest BCUT2D eigenvalue weighted by molar-refractivity contribution is 0.126. The van der Waals surface area contributed by atoms with Crippen molar-refractivity contribution in [2.24, 2.45) is 0 Å². The molecule has 0 spiro atoms. The summed E-state index contributed by atoms with van der Waals surface area (Å²) in [5, 5.41) is 11.1. The maximum atomic E-state index is 10.3. The van der Waals surface area contributed by atoms with Crippen LogP contribution in [0.15, 0.2) is 48.5 Å². The molecule has 0 bridgehead atoms. The molecule has 1 saturated heterocycles. The maximum Gasteiger partial charge on any atom is 0.120 e. The van der Waals surface area contributed by atoms with Crippen molar-refractivity contribution in [2.45, 2.75) is 6.04 Å². The molecule has 1 N–H and O–H groups in total. The summed E-state index contributed by atoms with van der Waals surface area (Å²) < 4.78 is 0. The first-order valence-electron chi connectivity index (χ1n) is 7.61. The van der Waals surface area contributed by atoms with Crippen LogP contribution in [0.25, 0.3) is 0 Å². The number of halogens is 1. The van der Waals surface area contributed by atoms with E-state index in [1.807, 2.05) is 30.3 Å². The Morgan fingerprint density at radius 3 is 2.23 bits per heavy atom. The Labute approximate surface area is 136 Å². The van der Waals surface area contributed by atoms with Gasteiger partial charge in [0.2, 0.25) is 0 Å². The molecule has 0 radical (unpaired) electrons. The summed E-state index contributed by atoms with van der Waals surface area (Å²) in [4.78, 5) is 4.76. The summed E-state index contributed by atoms with van der Waals surface area (Å²) in [6, 6.07) is 15.6. The van der Waals surface area contributed by atoms with Gasteiger partial charge in [-0.2, -0.15) is 0 Å².